The summed E-state index contributed by atoms with van der Waals surface area (Å²) < 4.78 is 0. The molecule has 1 aliphatic carbocycles. The molecule has 2 rings (SSSR count). The van der Waals surface area contributed by atoms with Gasteiger partial charge in [0.2, 0.25) is 0 Å². The zero-order chi connectivity index (χ0) is 11.2. The molecule has 1 N–H and O–H groups in total. The van der Waals surface area contributed by atoms with Crippen molar-refractivity contribution in [3.05, 3.63) is 35.9 Å². The summed E-state index contributed by atoms with van der Waals surface area (Å²) >= 11 is 0. The van der Waals surface area contributed by atoms with Gasteiger partial charge in [-0.3, -0.25) is 0 Å². The van der Waals surface area contributed by atoms with Crippen molar-refractivity contribution in [2.75, 3.05) is 0 Å². The van der Waals surface area contributed by atoms with Gasteiger partial charge in [-0.2, -0.15) is 0 Å². The molecule has 1 unspecified atom stereocenters. The molecule has 1 atom stereocenters. The smallest absolute Gasteiger partial charge is 0.00727 e. The fourth-order valence-electron chi connectivity index (χ4n) is 2.23. The molecular weight excluding hydrogens is 194 g/mol. The van der Waals surface area contributed by atoms with Crippen LogP contribution < -0.4 is 5.32 Å². The highest BCUT2D eigenvalue weighted by Gasteiger charge is 2.23. The number of hydrogen-bond donors (Lipinski definition) is 1. The fourth-order valence-corrected chi connectivity index (χ4v) is 2.23. The van der Waals surface area contributed by atoms with Crippen LogP contribution in [0.2, 0.25) is 0 Å². The van der Waals surface area contributed by atoms with E-state index in [2.05, 4.69) is 42.6 Å². The highest BCUT2D eigenvalue weighted by Crippen LogP contribution is 2.21. The summed E-state index contributed by atoms with van der Waals surface area (Å²) in [5, 5.41) is 3.76. The molecule has 1 fully saturated rings. The minimum atomic E-state index is 0.734. The molecule has 16 heavy (non-hydrogen) atoms. The van der Waals surface area contributed by atoms with E-state index >= 15 is 0 Å². The number of hydrogen-bond acceptors (Lipinski definition) is 1. The van der Waals surface area contributed by atoms with Crippen LogP contribution in [0.1, 0.15) is 44.6 Å². The van der Waals surface area contributed by atoms with Crippen molar-refractivity contribution in [1.29, 1.82) is 0 Å². The van der Waals surface area contributed by atoms with E-state index in [4.69, 9.17) is 0 Å². The largest absolute Gasteiger partial charge is 0.311 e. The minimum Gasteiger partial charge on any atom is -0.311 e. The third-order valence-corrected chi connectivity index (χ3v) is 3.31. The molecule has 0 aliphatic heterocycles. The lowest BCUT2D eigenvalue weighted by molar-refractivity contribution is 0.446. The molecule has 0 aromatic heterocycles. The Morgan fingerprint density at radius 1 is 1.19 bits per heavy atom. The van der Waals surface area contributed by atoms with Crippen LogP contribution in [0.4, 0.5) is 0 Å². The molecule has 1 heteroatoms. The van der Waals surface area contributed by atoms with Gasteiger partial charge in [-0.1, -0.05) is 43.7 Å². The van der Waals surface area contributed by atoms with Crippen LogP contribution in [0.15, 0.2) is 30.3 Å². The summed E-state index contributed by atoms with van der Waals surface area (Å²) in [6, 6.07) is 12.4. The lowest BCUT2D eigenvalue weighted by Gasteiger charge is -2.17. The second kappa shape index (κ2) is 6.05. The standard InChI is InChI=1S/C15H23N/c1-2-6-14(16-15-11-12-15)10-9-13-7-4-3-5-8-13/h3-5,7-8,14-16H,2,6,9-12H2,1H3. The van der Waals surface area contributed by atoms with Crippen molar-refractivity contribution in [3.8, 4) is 0 Å². The van der Waals surface area contributed by atoms with Crippen LogP contribution >= 0.6 is 0 Å². The molecule has 1 aromatic rings. The van der Waals surface area contributed by atoms with Gasteiger partial charge in [-0.15, -0.1) is 0 Å². The van der Waals surface area contributed by atoms with Crippen LogP contribution in [-0.2, 0) is 6.42 Å². The first-order valence-electron chi connectivity index (χ1n) is 6.68. The Morgan fingerprint density at radius 2 is 1.94 bits per heavy atom. The summed E-state index contributed by atoms with van der Waals surface area (Å²) in [5.74, 6) is 0. The molecule has 0 spiro atoms. The molecule has 0 heterocycles. The Labute approximate surface area is 99.3 Å². The molecule has 0 radical (unpaired) electrons. The lowest BCUT2D eigenvalue weighted by atomic mass is 10.0. The first-order chi connectivity index (χ1) is 7.88. The first-order valence-corrected chi connectivity index (χ1v) is 6.68. The Morgan fingerprint density at radius 3 is 2.56 bits per heavy atom. The first kappa shape index (κ1) is 11.7. The Hall–Kier alpha value is -0.820. The zero-order valence-electron chi connectivity index (χ0n) is 10.3. The van der Waals surface area contributed by atoms with Gasteiger partial charge in [0.15, 0.2) is 0 Å². The van der Waals surface area contributed by atoms with E-state index in [9.17, 15) is 0 Å². The normalized spacial score (nSPS) is 17.3. The van der Waals surface area contributed by atoms with Gasteiger partial charge in [0, 0.05) is 12.1 Å². The summed E-state index contributed by atoms with van der Waals surface area (Å²) in [6.07, 6.45) is 7.90. The predicted octanol–water partition coefficient (Wildman–Crippen LogP) is 3.54. The quantitative estimate of drug-likeness (QED) is 0.736. The van der Waals surface area contributed by atoms with E-state index in [-0.39, 0.29) is 0 Å². The van der Waals surface area contributed by atoms with Gasteiger partial charge in [0.05, 0.1) is 0 Å². The topological polar surface area (TPSA) is 12.0 Å². The number of rotatable bonds is 7. The van der Waals surface area contributed by atoms with Crippen LogP contribution in [-0.4, -0.2) is 12.1 Å². The summed E-state index contributed by atoms with van der Waals surface area (Å²) in [5.41, 5.74) is 1.47. The lowest BCUT2D eigenvalue weighted by Crippen LogP contribution is -2.31. The van der Waals surface area contributed by atoms with Gasteiger partial charge in [-0.05, 0) is 37.7 Å². The number of aryl methyl sites for hydroxylation is 1. The maximum Gasteiger partial charge on any atom is 0.00727 e. The van der Waals surface area contributed by atoms with Gasteiger partial charge < -0.3 is 5.32 Å². The SMILES string of the molecule is CCCC(CCc1ccccc1)NC1CC1. The van der Waals surface area contributed by atoms with Gasteiger partial charge in [-0.25, -0.2) is 0 Å². The maximum atomic E-state index is 3.76. The van der Waals surface area contributed by atoms with Crippen molar-refractivity contribution in [2.45, 2.75) is 57.5 Å². The summed E-state index contributed by atoms with van der Waals surface area (Å²) in [7, 11) is 0. The molecule has 1 aromatic carbocycles. The number of nitrogens with one attached hydrogen (secondary N) is 1. The Balaban J connectivity index is 1.76. The van der Waals surface area contributed by atoms with Crippen molar-refractivity contribution in [1.82, 2.24) is 5.32 Å². The third-order valence-electron chi connectivity index (χ3n) is 3.31. The Kier molecular flexibility index (Phi) is 4.41. The highest BCUT2D eigenvalue weighted by atomic mass is 15.0. The van der Waals surface area contributed by atoms with Crippen molar-refractivity contribution >= 4 is 0 Å². The maximum absolute atomic E-state index is 3.76. The average molecular weight is 217 g/mol. The number of benzene rings is 1. The van der Waals surface area contributed by atoms with Crippen LogP contribution in [0, 0.1) is 0 Å². The van der Waals surface area contributed by atoms with E-state index in [0.29, 0.717) is 0 Å². The van der Waals surface area contributed by atoms with E-state index in [1.807, 2.05) is 0 Å². The van der Waals surface area contributed by atoms with Gasteiger partial charge in [0.1, 0.15) is 0 Å². The molecule has 1 nitrogen and oxygen atoms in total. The predicted molar refractivity (Wildman–Crippen MR) is 69.6 cm³/mol. The van der Waals surface area contributed by atoms with Crippen LogP contribution in [0.5, 0.6) is 0 Å². The highest BCUT2D eigenvalue weighted by molar-refractivity contribution is 5.14. The van der Waals surface area contributed by atoms with Crippen LogP contribution in [0.3, 0.4) is 0 Å². The van der Waals surface area contributed by atoms with Gasteiger partial charge in [0.25, 0.3) is 0 Å². The summed E-state index contributed by atoms with van der Waals surface area (Å²) in [4.78, 5) is 0. The molecule has 1 aliphatic rings. The van der Waals surface area contributed by atoms with Crippen LogP contribution in [0.25, 0.3) is 0 Å². The minimum absolute atomic E-state index is 0.734. The molecule has 0 bridgehead atoms. The van der Waals surface area contributed by atoms with E-state index in [0.717, 1.165) is 12.1 Å². The molecular formula is C15H23N. The second-order valence-electron chi connectivity index (χ2n) is 4.95. The molecule has 1 saturated carbocycles. The molecule has 0 amide bonds. The molecule has 88 valence electrons. The Bertz CT molecular complexity index is 290. The second-order valence-corrected chi connectivity index (χ2v) is 4.95. The van der Waals surface area contributed by atoms with Crippen molar-refractivity contribution in [2.24, 2.45) is 0 Å². The van der Waals surface area contributed by atoms with E-state index < -0.39 is 0 Å². The van der Waals surface area contributed by atoms with E-state index in [1.165, 1.54) is 44.1 Å². The van der Waals surface area contributed by atoms with Crippen molar-refractivity contribution < 1.29 is 0 Å². The van der Waals surface area contributed by atoms with Gasteiger partial charge >= 0.3 is 0 Å². The van der Waals surface area contributed by atoms with E-state index in [1.54, 1.807) is 0 Å². The monoisotopic (exact) mass is 217 g/mol. The zero-order valence-corrected chi connectivity index (χ0v) is 10.3. The molecule has 0 saturated heterocycles. The third kappa shape index (κ3) is 3.97. The fraction of sp³-hybridized carbons (Fsp3) is 0.600. The summed E-state index contributed by atoms with van der Waals surface area (Å²) in [6.45, 7) is 2.28. The average Bonchev–Trinajstić information content (AvgIpc) is 3.12. The van der Waals surface area contributed by atoms with Crippen molar-refractivity contribution in [3.63, 3.8) is 0 Å².